The Morgan fingerprint density at radius 2 is 1.97 bits per heavy atom. The lowest BCUT2D eigenvalue weighted by Gasteiger charge is -2.23. The smallest absolute Gasteiger partial charge is 0.283 e. The summed E-state index contributed by atoms with van der Waals surface area (Å²) in [5, 5.41) is 3.10. The van der Waals surface area contributed by atoms with Crippen LogP contribution in [0.15, 0.2) is 59.9 Å². The number of anilines is 2. The molecule has 33 heavy (non-hydrogen) atoms. The van der Waals surface area contributed by atoms with Gasteiger partial charge in [-0.15, -0.1) is 0 Å². The van der Waals surface area contributed by atoms with E-state index in [1.807, 2.05) is 6.92 Å². The Hall–Kier alpha value is -4.41. The lowest BCUT2D eigenvalue weighted by atomic mass is 10.1. The topological polar surface area (TPSA) is 113 Å². The Bertz CT molecular complexity index is 1530. The molecule has 3 aromatic heterocycles. The third-order valence-electron chi connectivity index (χ3n) is 5.19. The Morgan fingerprint density at radius 3 is 2.79 bits per heavy atom. The number of halogens is 2. The summed E-state index contributed by atoms with van der Waals surface area (Å²) in [7, 11) is 0. The highest BCUT2D eigenvalue weighted by Gasteiger charge is 2.22. The maximum absolute atomic E-state index is 14.5. The normalized spacial score (nSPS) is 12.2. The molecule has 0 radical (unpaired) electrons. The van der Waals surface area contributed by atoms with Crippen LogP contribution in [0.1, 0.15) is 25.2 Å². The van der Waals surface area contributed by atoms with Gasteiger partial charge >= 0.3 is 0 Å². The molecule has 0 fully saturated rings. The molecule has 2 aromatic carbocycles. The zero-order chi connectivity index (χ0) is 22.9. The first kappa shape index (κ1) is 20.5. The molecule has 1 unspecified atom stereocenters. The van der Waals surface area contributed by atoms with Gasteiger partial charge in [-0.05, 0) is 36.8 Å². The van der Waals surface area contributed by atoms with Crippen LogP contribution in [0, 0.1) is 11.6 Å². The number of hydrogen-bond acceptors (Lipinski definition) is 7. The number of hydrogen-bond donors (Lipinski definition) is 3. The SMILES string of the molecule is CCC(Nc1ncnc2nc[nH]c12)c1nc2cccc(F)c2c(=O)n1Nc1cccc(F)c1. The van der Waals surface area contributed by atoms with Gasteiger partial charge in [0.25, 0.3) is 5.56 Å². The van der Waals surface area contributed by atoms with Crippen molar-refractivity contribution in [3.8, 4) is 0 Å². The fourth-order valence-electron chi connectivity index (χ4n) is 3.62. The number of aromatic amines is 1. The Balaban J connectivity index is 1.67. The minimum atomic E-state index is -0.692. The maximum Gasteiger partial charge on any atom is 0.283 e. The van der Waals surface area contributed by atoms with Crippen LogP contribution >= 0.6 is 0 Å². The lowest BCUT2D eigenvalue weighted by molar-refractivity contribution is 0.618. The molecule has 11 heteroatoms. The number of aromatic nitrogens is 6. The number of H-pyrrole nitrogens is 1. The molecule has 0 saturated carbocycles. The zero-order valence-electron chi connectivity index (χ0n) is 17.4. The van der Waals surface area contributed by atoms with Gasteiger partial charge in [-0.3, -0.25) is 10.2 Å². The van der Waals surface area contributed by atoms with Crippen molar-refractivity contribution in [1.82, 2.24) is 29.6 Å². The highest BCUT2D eigenvalue weighted by molar-refractivity contribution is 5.82. The van der Waals surface area contributed by atoms with Gasteiger partial charge in [-0.25, -0.2) is 33.4 Å². The van der Waals surface area contributed by atoms with Gasteiger partial charge in [0.1, 0.15) is 28.9 Å². The molecule has 5 aromatic rings. The largest absolute Gasteiger partial charge is 0.358 e. The molecule has 3 heterocycles. The fraction of sp³-hybridized carbons (Fsp3) is 0.136. The van der Waals surface area contributed by atoms with Gasteiger partial charge in [-0.1, -0.05) is 19.1 Å². The van der Waals surface area contributed by atoms with Crippen LogP contribution in [0.4, 0.5) is 20.3 Å². The molecule has 0 aliphatic heterocycles. The molecule has 0 bridgehead atoms. The quantitative estimate of drug-likeness (QED) is 0.362. The van der Waals surface area contributed by atoms with Crippen molar-refractivity contribution in [2.24, 2.45) is 0 Å². The van der Waals surface area contributed by atoms with E-state index in [0.29, 0.717) is 29.1 Å². The standard InChI is InChI=1S/C22H18F2N8O/c1-2-15(29-20-18-19(26-10-25-18)27-11-28-20)21-30-16-8-4-7-14(24)17(16)22(33)32(21)31-13-6-3-5-12(23)9-13/h3-11,15,31H,2H2,1H3,(H2,25,26,27,28,29). The number of nitrogens with zero attached hydrogens (tertiary/aromatic N) is 5. The summed E-state index contributed by atoms with van der Waals surface area (Å²) >= 11 is 0. The Labute approximate surface area is 185 Å². The summed E-state index contributed by atoms with van der Waals surface area (Å²) in [5.41, 5.74) is 3.82. The van der Waals surface area contributed by atoms with Crippen molar-refractivity contribution in [3.63, 3.8) is 0 Å². The molecule has 0 aliphatic carbocycles. The molecule has 0 saturated heterocycles. The molecule has 9 nitrogen and oxygen atoms in total. The molecular weight excluding hydrogens is 430 g/mol. The van der Waals surface area contributed by atoms with E-state index >= 15 is 0 Å². The van der Waals surface area contributed by atoms with E-state index in [1.54, 1.807) is 12.1 Å². The summed E-state index contributed by atoms with van der Waals surface area (Å²) in [6.07, 6.45) is 3.38. The molecule has 0 amide bonds. The van der Waals surface area contributed by atoms with Gasteiger partial charge < -0.3 is 10.3 Å². The minimum absolute atomic E-state index is 0.169. The number of rotatable bonds is 6. The summed E-state index contributed by atoms with van der Waals surface area (Å²) in [6, 6.07) is 9.35. The van der Waals surface area contributed by atoms with Crippen molar-refractivity contribution in [2.45, 2.75) is 19.4 Å². The summed E-state index contributed by atoms with van der Waals surface area (Å²) < 4.78 is 29.5. The lowest BCUT2D eigenvalue weighted by Crippen LogP contribution is -2.34. The first-order valence-corrected chi connectivity index (χ1v) is 10.2. The fourth-order valence-corrected chi connectivity index (χ4v) is 3.62. The van der Waals surface area contributed by atoms with Crippen LogP contribution in [-0.4, -0.2) is 29.6 Å². The third-order valence-corrected chi connectivity index (χ3v) is 5.19. The summed E-state index contributed by atoms with van der Waals surface area (Å²) in [5.74, 6) is -0.434. The predicted molar refractivity (Wildman–Crippen MR) is 120 cm³/mol. The second-order valence-corrected chi connectivity index (χ2v) is 7.30. The maximum atomic E-state index is 14.5. The van der Waals surface area contributed by atoms with Gasteiger partial charge in [0.2, 0.25) is 0 Å². The van der Waals surface area contributed by atoms with Gasteiger partial charge in [0.15, 0.2) is 17.3 Å². The number of benzene rings is 2. The van der Waals surface area contributed by atoms with E-state index in [0.717, 1.165) is 4.68 Å². The summed E-state index contributed by atoms with van der Waals surface area (Å²) in [6.45, 7) is 1.90. The first-order chi connectivity index (χ1) is 16.0. The molecule has 166 valence electrons. The highest BCUT2D eigenvalue weighted by atomic mass is 19.1. The van der Waals surface area contributed by atoms with Crippen molar-refractivity contribution >= 4 is 33.6 Å². The molecule has 3 N–H and O–H groups in total. The molecule has 5 rings (SSSR count). The Kier molecular flexibility index (Phi) is 5.13. The Morgan fingerprint density at radius 1 is 1.12 bits per heavy atom. The highest BCUT2D eigenvalue weighted by Crippen LogP contribution is 2.25. The van der Waals surface area contributed by atoms with Crippen LogP contribution in [0.3, 0.4) is 0 Å². The van der Waals surface area contributed by atoms with E-state index in [9.17, 15) is 13.6 Å². The predicted octanol–water partition coefficient (Wildman–Crippen LogP) is 3.78. The molecule has 1 atom stereocenters. The van der Waals surface area contributed by atoms with E-state index in [4.69, 9.17) is 0 Å². The van der Waals surface area contributed by atoms with Crippen LogP contribution in [-0.2, 0) is 0 Å². The monoisotopic (exact) mass is 448 g/mol. The van der Waals surface area contributed by atoms with Crippen molar-refractivity contribution in [3.05, 3.63) is 82.9 Å². The molecule has 0 aliphatic rings. The first-order valence-electron chi connectivity index (χ1n) is 10.2. The third kappa shape index (κ3) is 3.73. The van der Waals surface area contributed by atoms with Gasteiger partial charge in [-0.2, -0.15) is 0 Å². The van der Waals surface area contributed by atoms with E-state index in [1.165, 1.54) is 43.0 Å². The van der Waals surface area contributed by atoms with E-state index in [-0.39, 0.29) is 16.7 Å². The minimum Gasteiger partial charge on any atom is -0.358 e. The van der Waals surface area contributed by atoms with Crippen LogP contribution in [0.25, 0.3) is 22.1 Å². The zero-order valence-corrected chi connectivity index (χ0v) is 17.4. The van der Waals surface area contributed by atoms with Crippen LogP contribution < -0.4 is 16.3 Å². The molecular formula is C22H18F2N8O. The van der Waals surface area contributed by atoms with Crippen molar-refractivity contribution in [1.29, 1.82) is 0 Å². The van der Waals surface area contributed by atoms with Crippen molar-refractivity contribution in [2.75, 3.05) is 10.7 Å². The average Bonchev–Trinajstić information content (AvgIpc) is 3.29. The average molecular weight is 448 g/mol. The van der Waals surface area contributed by atoms with Crippen molar-refractivity contribution < 1.29 is 8.78 Å². The van der Waals surface area contributed by atoms with E-state index < -0.39 is 23.2 Å². The van der Waals surface area contributed by atoms with E-state index in [2.05, 4.69) is 35.7 Å². The molecule has 0 spiro atoms. The van der Waals surface area contributed by atoms with Gasteiger partial charge in [0.05, 0.1) is 23.6 Å². The second-order valence-electron chi connectivity index (χ2n) is 7.30. The number of nitrogens with one attached hydrogen (secondary N) is 3. The second kappa shape index (κ2) is 8.26. The van der Waals surface area contributed by atoms with Gasteiger partial charge in [0, 0.05) is 0 Å². The number of fused-ring (bicyclic) bond motifs is 2. The number of imidazole rings is 1. The van der Waals surface area contributed by atoms with Crippen LogP contribution in [0.2, 0.25) is 0 Å². The van der Waals surface area contributed by atoms with Crippen LogP contribution in [0.5, 0.6) is 0 Å². The summed E-state index contributed by atoms with van der Waals surface area (Å²) in [4.78, 5) is 33.4.